The molecule has 0 unspecified atom stereocenters. The van der Waals surface area contributed by atoms with Crippen LogP contribution in [-0.2, 0) is 0 Å². The molecule has 0 aliphatic rings. The van der Waals surface area contributed by atoms with Crippen molar-refractivity contribution in [1.29, 1.82) is 0 Å². The van der Waals surface area contributed by atoms with Gasteiger partial charge in [0.25, 0.3) is 11.8 Å². The number of carboxylic acid groups (broad SMARTS) is 1. The van der Waals surface area contributed by atoms with Crippen molar-refractivity contribution in [1.82, 2.24) is 10.2 Å². The summed E-state index contributed by atoms with van der Waals surface area (Å²) in [6, 6.07) is 9.76. The van der Waals surface area contributed by atoms with Crippen molar-refractivity contribution in [3.63, 3.8) is 0 Å². The Kier molecular flexibility index (Phi) is 4.63. The molecule has 10 heteroatoms. The monoisotopic (exact) mass is 412 g/mol. The normalized spacial score (nSPS) is 10.7. The largest absolute Gasteiger partial charge is 0.477 e. The van der Waals surface area contributed by atoms with Gasteiger partial charge in [0.1, 0.15) is 15.5 Å². The number of nitrogens with one attached hydrogen (secondary N) is 3. The summed E-state index contributed by atoms with van der Waals surface area (Å²) in [5, 5.41) is 25.3. The van der Waals surface area contributed by atoms with Crippen LogP contribution in [0.25, 0.3) is 10.2 Å². The Morgan fingerprint density at radius 2 is 1.89 bits per heavy atom. The van der Waals surface area contributed by atoms with Crippen LogP contribution in [0.2, 0.25) is 0 Å². The average molecular weight is 412 g/mol. The summed E-state index contributed by atoms with van der Waals surface area (Å²) in [5.74, 6) is -1.53. The summed E-state index contributed by atoms with van der Waals surface area (Å²) in [4.78, 5) is 36.8. The Hall–Kier alpha value is -3.50. The van der Waals surface area contributed by atoms with Crippen LogP contribution in [0.4, 0.5) is 11.5 Å². The molecular weight excluding hydrogens is 400 g/mol. The van der Waals surface area contributed by atoms with Gasteiger partial charge in [-0.3, -0.25) is 14.7 Å². The van der Waals surface area contributed by atoms with Gasteiger partial charge >= 0.3 is 5.97 Å². The fourth-order valence-corrected chi connectivity index (χ4v) is 4.04. The van der Waals surface area contributed by atoms with Crippen LogP contribution in [0, 0.1) is 0 Å². The molecule has 0 atom stereocenters. The van der Waals surface area contributed by atoms with Gasteiger partial charge in [0.15, 0.2) is 0 Å². The third-order valence-corrected chi connectivity index (χ3v) is 5.60. The van der Waals surface area contributed by atoms with E-state index < -0.39 is 11.9 Å². The molecule has 0 saturated carbocycles. The SMILES string of the molecule is O=C(Nc1ccccc1C(=O)Nc1[nH]nc2sc(C(=O)O)cc12)c1ccsc1. The maximum Gasteiger partial charge on any atom is 0.345 e. The molecular formula is C18H12N4O4S2. The summed E-state index contributed by atoms with van der Waals surface area (Å²) < 4.78 is 0. The van der Waals surface area contributed by atoms with Crippen LogP contribution in [0.3, 0.4) is 0 Å². The fourth-order valence-electron chi connectivity index (χ4n) is 2.57. The second-order valence-electron chi connectivity index (χ2n) is 5.70. The van der Waals surface area contributed by atoms with Gasteiger partial charge in [-0.15, -0.1) is 11.3 Å². The number of carbonyl (C=O) groups excluding carboxylic acids is 2. The lowest BCUT2D eigenvalue weighted by Crippen LogP contribution is -2.18. The third-order valence-electron chi connectivity index (χ3n) is 3.90. The summed E-state index contributed by atoms with van der Waals surface area (Å²) in [6.45, 7) is 0. The number of carbonyl (C=O) groups is 3. The lowest BCUT2D eigenvalue weighted by molar-refractivity contribution is 0.0701. The highest BCUT2D eigenvalue weighted by Gasteiger charge is 2.18. The van der Waals surface area contributed by atoms with Gasteiger partial charge in [-0.05, 0) is 29.6 Å². The molecule has 4 aromatic rings. The molecule has 0 aliphatic carbocycles. The van der Waals surface area contributed by atoms with Crippen molar-refractivity contribution in [2.24, 2.45) is 0 Å². The van der Waals surface area contributed by atoms with Crippen LogP contribution in [0.5, 0.6) is 0 Å². The Morgan fingerprint density at radius 3 is 2.64 bits per heavy atom. The predicted molar refractivity (Wildman–Crippen MR) is 108 cm³/mol. The maximum atomic E-state index is 12.8. The van der Waals surface area contributed by atoms with Crippen molar-refractivity contribution in [3.8, 4) is 0 Å². The molecule has 0 radical (unpaired) electrons. The van der Waals surface area contributed by atoms with E-state index in [0.717, 1.165) is 11.3 Å². The van der Waals surface area contributed by atoms with Gasteiger partial charge in [-0.1, -0.05) is 12.1 Å². The minimum absolute atomic E-state index is 0.130. The fraction of sp³-hybridized carbons (Fsp3) is 0. The number of para-hydroxylation sites is 1. The number of nitrogens with zero attached hydrogens (tertiary/aromatic N) is 1. The minimum atomic E-state index is -1.05. The van der Waals surface area contributed by atoms with Gasteiger partial charge in [0, 0.05) is 5.38 Å². The number of aromatic nitrogens is 2. The third kappa shape index (κ3) is 3.38. The van der Waals surface area contributed by atoms with E-state index in [0.29, 0.717) is 27.3 Å². The van der Waals surface area contributed by atoms with Crippen LogP contribution in [0.1, 0.15) is 30.4 Å². The van der Waals surface area contributed by atoms with Gasteiger partial charge < -0.3 is 15.7 Å². The first kappa shape index (κ1) is 17.9. The summed E-state index contributed by atoms with van der Waals surface area (Å²) >= 11 is 2.41. The zero-order valence-corrected chi connectivity index (χ0v) is 15.7. The van der Waals surface area contributed by atoms with Crippen LogP contribution in [0.15, 0.2) is 47.2 Å². The second-order valence-corrected chi connectivity index (χ2v) is 7.51. The van der Waals surface area contributed by atoms with Crippen molar-refractivity contribution in [2.45, 2.75) is 0 Å². The minimum Gasteiger partial charge on any atom is -0.477 e. The first-order valence-electron chi connectivity index (χ1n) is 7.98. The first-order valence-corrected chi connectivity index (χ1v) is 9.74. The highest BCUT2D eigenvalue weighted by atomic mass is 32.1. The Balaban J connectivity index is 1.59. The number of anilines is 2. The summed E-state index contributed by atoms with van der Waals surface area (Å²) in [7, 11) is 0. The topological polar surface area (TPSA) is 124 Å². The molecule has 2 amide bonds. The van der Waals surface area contributed by atoms with E-state index in [9.17, 15) is 14.4 Å². The van der Waals surface area contributed by atoms with Gasteiger partial charge in [-0.25, -0.2) is 4.79 Å². The smallest absolute Gasteiger partial charge is 0.345 e. The summed E-state index contributed by atoms with van der Waals surface area (Å²) in [6.07, 6.45) is 0. The standard InChI is InChI=1S/C18H12N4O4S2/c23-15(9-5-6-27-8-9)19-12-4-2-1-3-10(12)16(24)20-14-11-7-13(18(25)26)28-17(11)22-21-14/h1-8H,(H,19,23)(H,25,26)(H2,20,21,22,24). The quantitative estimate of drug-likeness (QED) is 0.396. The number of hydrogen-bond acceptors (Lipinski definition) is 6. The second kappa shape index (κ2) is 7.25. The highest BCUT2D eigenvalue weighted by Crippen LogP contribution is 2.30. The van der Waals surface area contributed by atoms with E-state index in [1.165, 1.54) is 17.4 Å². The molecule has 0 aliphatic heterocycles. The molecule has 0 saturated heterocycles. The molecule has 8 nitrogen and oxygen atoms in total. The van der Waals surface area contributed by atoms with Crippen LogP contribution >= 0.6 is 22.7 Å². The van der Waals surface area contributed by atoms with E-state index in [4.69, 9.17) is 5.11 Å². The average Bonchev–Trinajstić information content (AvgIpc) is 3.40. The molecule has 28 heavy (non-hydrogen) atoms. The van der Waals surface area contributed by atoms with Gasteiger partial charge in [-0.2, -0.15) is 16.4 Å². The number of amides is 2. The molecule has 0 spiro atoms. The van der Waals surface area contributed by atoms with Gasteiger partial charge in [0.2, 0.25) is 0 Å². The Bertz CT molecular complexity index is 1190. The zero-order chi connectivity index (χ0) is 19.7. The predicted octanol–water partition coefficient (Wildman–Crippen LogP) is 3.89. The van der Waals surface area contributed by atoms with E-state index in [1.54, 1.807) is 41.1 Å². The first-order chi connectivity index (χ1) is 13.5. The molecule has 1 aromatic carbocycles. The number of benzene rings is 1. The molecule has 0 fully saturated rings. The van der Waals surface area contributed by atoms with Crippen LogP contribution in [-0.4, -0.2) is 33.1 Å². The van der Waals surface area contributed by atoms with Crippen molar-refractivity contribution < 1.29 is 19.5 Å². The highest BCUT2D eigenvalue weighted by molar-refractivity contribution is 7.20. The number of thiophene rings is 2. The van der Waals surface area contributed by atoms with Crippen molar-refractivity contribution in [2.75, 3.05) is 10.6 Å². The number of aromatic amines is 1. The Labute approximate surface area is 165 Å². The lowest BCUT2D eigenvalue weighted by Gasteiger charge is -2.10. The number of fused-ring (bicyclic) bond motifs is 1. The molecule has 4 N–H and O–H groups in total. The van der Waals surface area contributed by atoms with E-state index in [2.05, 4.69) is 20.8 Å². The Morgan fingerprint density at radius 1 is 1.07 bits per heavy atom. The lowest BCUT2D eigenvalue weighted by atomic mass is 10.1. The molecule has 0 bridgehead atoms. The number of rotatable bonds is 5. The maximum absolute atomic E-state index is 12.8. The zero-order valence-electron chi connectivity index (χ0n) is 14.1. The molecule has 3 heterocycles. The number of aromatic carboxylic acids is 1. The van der Waals surface area contributed by atoms with Crippen molar-refractivity contribution >= 4 is 62.2 Å². The van der Waals surface area contributed by atoms with E-state index in [-0.39, 0.29) is 16.3 Å². The molecule has 140 valence electrons. The summed E-state index contributed by atoms with van der Waals surface area (Å²) in [5.41, 5.74) is 1.14. The van der Waals surface area contributed by atoms with Crippen LogP contribution < -0.4 is 10.6 Å². The van der Waals surface area contributed by atoms with Crippen molar-refractivity contribution in [3.05, 3.63) is 63.2 Å². The molecule has 4 rings (SSSR count). The number of carboxylic acids is 1. The van der Waals surface area contributed by atoms with Gasteiger partial charge in [0.05, 0.1) is 22.2 Å². The molecule has 3 aromatic heterocycles. The number of hydrogen-bond donors (Lipinski definition) is 4. The van der Waals surface area contributed by atoms with E-state index >= 15 is 0 Å². The van der Waals surface area contributed by atoms with E-state index in [1.807, 2.05) is 0 Å². The number of H-pyrrole nitrogens is 1.